The first-order valence-corrected chi connectivity index (χ1v) is 14.2. The normalized spacial score (nSPS) is 19.8. The summed E-state index contributed by atoms with van der Waals surface area (Å²) in [4.78, 5) is 41.8. The zero-order valence-electron chi connectivity index (χ0n) is 24.0. The van der Waals surface area contributed by atoms with Crippen LogP contribution < -0.4 is 25.2 Å². The fourth-order valence-corrected chi connectivity index (χ4v) is 5.83. The summed E-state index contributed by atoms with van der Waals surface area (Å²) >= 11 is 0. The molecule has 2 N–H and O–H groups in total. The van der Waals surface area contributed by atoms with E-state index in [0.717, 1.165) is 51.5 Å². The zero-order valence-corrected chi connectivity index (χ0v) is 24.0. The predicted octanol–water partition coefficient (Wildman–Crippen LogP) is 3.04. The Balaban J connectivity index is 1.33. The average molecular weight is 552 g/mol. The van der Waals surface area contributed by atoms with Crippen molar-refractivity contribution in [3.63, 3.8) is 0 Å². The van der Waals surface area contributed by atoms with Crippen molar-refractivity contribution in [3.8, 4) is 5.75 Å². The number of nitrogens with zero attached hydrogens (tertiary/aromatic N) is 5. The van der Waals surface area contributed by atoms with Crippen LogP contribution in [-0.4, -0.2) is 92.8 Å². The van der Waals surface area contributed by atoms with Crippen molar-refractivity contribution < 1.29 is 19.1 Å². The Hall–Kier alpha value is -3.44. The van der Waals surface area contributed by atoms with Crippen LogP contribution in [0.5, 0.6) is 5.75 Å². The SMILES string of the molecule is COc1cc(C(=O)NCCN2CCOCC2)ccc1Nc1ncc2c(n1)N(C1CCCC1)CC(C)(C)C(=O)N2C. The standard InChI is InChI=1S/C29H41N7O4/c1-29(2)19-36(21-7-5-6-8-21)25-23(34(3)27(29)38)18-31-28(33-25)32-22-10-9-20(17-24(22)39-4)26(37)30-11-12-35-13-15-40-16-14-35/h9-10,17-18,21H,5-8,11-16,19H2,1-4H3,(H,30,37)(H,31,32,33). The van der Waals surface area contributed by atoms with Crippen LogP contribution in [-0.2, 0) is 9.53 Å². The van der Waals surface area contributed by atoms with Gasteiger partial charge >= 0.3 is 0 Å². The smallest absolute Gasteiger partial charge is 0.251 e. The van der Waals surface area contributed by atoms with Crippen LogP contribution in [0.3, 0.4) is 0 Å². The Bertz CT molecular complexity index is 1220. The maximum Gasteiger partial charge on any atom is 0.251 e. The molecule has 1 saturated heterocycles. The van der Waals surface area contributed by atoms with E-state index in [-0.39, 0.29) is 11.8 Å². The van der Waals surface area contributed by atoms with Crippen molar-refractivity contribution in [2.24, 2.45) is 5.41 Å². The van der Waals surface area contributed by atoms with Crippen LogP contribution in [0.25, 0.3) is 0 Å². The van der Waals surface area contributed by atoms with Crippen LogP contribution in [0.1, 0.15) is 49.9 Å². The van der Waals surface area contributed by atoms with Crippen LogP contribution >= 0.6 is 0 Å². The van der Waals surface area contributed by atoms with E-state index < -0.39 is 5.41 Å². The highest BCUT2D eigenvalue weighted by atomic mass is 16.5. The van der Waals surface area contributed by atoms with Crippen LogP contribution in [0.15, 0.2) is 24.4 Å². The molecule has 0 radical (unpaired) electrons. The molecule has 2 aliphatic heterocycles. The number of carbonyl (C=O) groups excluding carboxylic acids is 2. The summed E-state index contributed by atoms with van der Waals surface area (Å²) in [6.07, 6.45) is 6.26. The molecule has 216 valence electrons. The molecule has 0 atom stereocenters. The van der Waals surface area contributed by atoms with Gasteiger partial charge in [0.05, 0.1) is 37.6 Å². The number of hydrogen-bond acceptors (Lipinski definition) is 9. The maximum absolute atomic E-state index is 13.3. The first kappa shape index (κ1) is 28.1. The predicted molar refractivity (Wildman–Crippen MR) is 155 cm³/mol. The topological polar surface area (TPSA) is 112 Å². The van der Waals surface area contributed by atoms with Crippen molar-refractivity contribution in [2.45, 2.75) is 45.6 Å². The third-order valence-electron chi connectivity index (χ3n) is 8.13. The van der Waals surface area contributed by atoms with Crippen molar-refractivity contribution >= 4 is 35.0 Å². The molecular formula is C29H41N7O4. The van der Waals surface area contributed by atoms with Gasteiger partial charge in [-0.15, -0.1) is 0 Å². The third kappa shape index (κ3) is 6.00. The third-order valence-corrected chi connectivity index (χ3v) is 8.13. The molecule has 0 bridgehead atoms. The highest BCUT2D eigenvalue weighted by Gasteiger charge is 2.41. The van der Waals surface area contributed by atoms with Crippen LogP contribution in [0.4, 0.5) is 23.1 Å². The summed E-state index contributed by atoms with van der Waals surface area (Å²) in [7, 11) is 3.37. The van der Waals surface area contributed by atoms with E-state index in [0.29, 0.717) is 47.8 Å². The molecule has 40 heavy (non-hydrogen) atoms. The van der Waals surface area contributed by atoms with Gasteiger partial charge in [-0.3, -0.25) is 14.5 Å². The second-order valence-corrected chi connectivity index (χ2v) is 11.5. The monoisotopic (exact) mass is 551 g/mol. The molecule has 0 unspecified atom stereocenters. The summed E-state index contributed by atoms with van der Waals surface area (Å²) < 4.78 is 11.0. The van der Waals surface area contributed by atoms with Gasteiger partial charge in [0.15, 0.2) is 5.82 Å². The molecule has 2 aromatic rings. The fraction of sp³-hybridized carbons (Fsp3) is 0.586. The second-order valence-electron chi connectivity index (χ2n) is 11.5. The van der Waals surface area contributed by atoms with E-state index in [1.807, 2.05) is 13.8 Å². The molecule has 1 aromatic heterocycles. The molecule has 0 spiro atoms. The van der Waals surface area contributed by atoms with Gasteiger partial charge in [0, 0.05) is 51.4 Å². The van der Waals surface area contributed by atoms with E-state index in [2.05, 4.69) is 25.4 Å². The van der Waals surface area contributed by atoms with Gasteiger partial charge < -0.3 is 29.9 Å². The molecule has 1 aliphatic carbocycles. The number of rotatable bonds is 8. The van der Waals surface area contributed by atoms with Gasteiger partial charge in [0.25, 0.3) is 5.91 Å². The van der Waals surface area contributed by atoms with E-state index >= 15 is 0 Å². The Labute approximate surface area is 236 Å². The van der Waals surface area contributed by atoms with Crippen LogP contribution in [0.2, 0.25) is 0 Å². The zero-order chi connectivity index (χ0) is 28.3. The molecule has 11 heteroatoms. The maximum atomic E-state index is 13.3. The molecule has 5 rings (SSSR count). The molecule has 3 heterocycles. The number of morpholine rings is 1. The molecule has 3 aliphatic rings. The van der Waals surface area contributed by atoms with Gasteiger partial charge in [-0.05, 0) is 44.9 Å². The highest BCUT2D eigenvalue weighted by Crippen LogP contribution is 2.40. The van der Waals surface area contributed by atoms with E-state index in [1.54, 1.807) is 43.5 Å². The van der Waals surface area contributed by atoms with Crippen LogP contribution in [0, 0.1) is 5.41 Å². The molecule has 1 aromatic carbocycles. The molecule has 2 amide bonds. The number of carbonyl (C=O) groups is 2. The molecule has 1 saturated carbocycles. The highest BCUT2D eigenvalue weighted by molar-refractivity contribution is 6.01. The number of ether oxygens (including phenoxy) is 2. The minimum Gasteiger partial charge on any atom is -0.495 e. The number of amides is 2. The summed E-state index contributed by atoms with van der Waals surface area (Å²) in [5.74, 6) is 1.59. The Kier molecular flexibility index (Phi) is 8.41. The largest absolute Gasteiger partial charge is 0.495 e. The lowest BCUT2D eigenvalue weighted by molar-refractivity contribution is -0.125. The summed E-state index contributed by atoms with van der Waals surface area (Å²) in [5.41, 5.74) is 1.33. The molecule has 11 nitrogen and oxygen atoms in total. The number of nitrogens with one attached hydrogen (secondary N) is 2. The van der Waals surface area contributed by atoms with Crippen molar-refractivity contribution in [1.29, 1.82) is 0 Å². The fourth-order valence-electron chi connectivity index (χ4n) is 5.83. The minimum absolute atomic E-state index is 0.0547. The van der Waals surface area contributed by atoms with Gasteiger partial charge in [-0.2, -0.15) is 4.98 Å². The number of benzene rings is 1. The Morgan fingerprint density at radius 1 is 1.20 bits per heavy atom. The van der Waals surface area contributed by atoms with Crippen molar-refractivity contribution in [1.82, 2.24) is 20.2 Å². The van der Waals surface area contributed by atoms with Gasteiger partial charge in [0.2, 0.25) is 11.9 Å². The Morgan fingerprint density at radius 3 is 2.67 bits per heavy atom. The summed E-state index contributed by atoms with van der Waals surface area (Å²) in [6, 6.07) is 5.63. The second kappa shape index (κ2) is 12.0. The average Bonchev–Trinajstić information content (AvgIpc) is 3.48. The molecular weight excluding hydrogens is 510 g/mol. The number of methoxy groups -OCH3 is 1. The quantitative estimate of drug-likeness (QED) is 0.511. The lowest BCUT2D eigenvalue weighted by Gasteiger charge is -2.34. The van der Waals surface area contributed by atoms with E-state index in [1.165, 1.54) is 12.8 Å². The lowest BCUT2D eigenvalue weighted by Crippen LogP contribution is -2.45. The summed E-state index contributed by atoms with van der Waals surface area (Å²) in [5, 5.41) is 6.27. The lowest BCUT2D eigenvalue weighted by atomic mass is 9.91. The van der Waals surface area contributed by atoms with E-state index in [9.17, 15) is 9.59 Å². The number of hydrogen-bond donors (Lipinski definition) is 2. The van der Waals surface area contributed by atoms with Gasteiger partial charge in [0.1, 0.15) is 11.4 Å². The Morgan fingerprint density at radius 2 is 1.95 bits per heavy atom. The van der Waals surface area contributed by atoms with Crippen molar-refractivity contribution in [2.75, 3.05) is 75.2 Å². The van der Waals surface area contributed by atoms with E-state index in [4.69, 9.17) is 14.5 Å². The number of aromatic nitrogens is 2. The first-order chi connectivity index (χ1) is 19.3. The van der Waals surface area contributed by atoms with Crippen molar-refractivity contribution in [3.05, 3.63) is 30.0 Å². The number of anilines is 4. The van der Waals surface area contributed by atoms with Gasteiger partial charge in [-0.25, -0.2) is 4.98 Å². The van der Waals surface area contributed by atoms with Gasteiger partial charge in [-0.1, -0.05) is 12.8 Å². The first-order valence-electron chi connectivity index (χ1n) is 14.2. The minimum atomic E-state index is -0.548. The summed E-state index contributed by atoms with van der Waals surface area (Å²) in [6.45, 7) is 9.19. The molecule has 2 fully saturated rings. The number of fused-ring (bicyclic) bond motifs is 1.